The largest absolute Gasteiger partial charge is 0.364 e. The Morgan fingerprint density at radius 2 is 2.19 bits per heavy atom. The highest BCUT2D eigenvalue weighted by Gasteiger charge is 1.98. The number of aromatic nitrogens is 4. The van der Waals surface area contributed by atoms with Crippen LogP contribution >= 0.6 is 0 Å². The third kappa shape index (κ3) is 2.61. The van der Waals surface area contributed by atoms with E-state index in [1.165, 1.54) is 0 Å². The molecule has 2 aromatic heterocycles. The fraction of sp³-hybridized carbons (Fsp3) is 0.111. The van der Waals surface area contributed by atoms with E-state index >= 15 is 0 Å². The molecule has 0 fully saturated rings. The molecule has 0 aliphatic carbocycles. The average molecular weight is 217 g/mol. The fourth-order valence-corrected chi connectivity index (χ4v) is 1.14. The normalized spacial score (nSPS) is 9.81. The van der Waals surface area contributed by atoms with Gasteiger partial charge in [-0.05, 0) is 18.2 Å². The maximum absolute atomic E-state index is 5.20. The molecule has 0 amide bonds. The molecule has 7 heteroatoms. The Kier molecular flexibility index (Phi) is 3.19. The number of nitrogens with one attached hydrogen (secondary N) is 2. The Bertz CT molecular complexity index is 445. The Balaban J connectivity index is 1.99. The van der Waals surface area contributed by atoms with Crippen LogP contribution in [0.15, 0.2) is 30.6 Å². The molecule has 0 aliphatic rings. The van der Waals surface area contributed by atoms with Gasteiger partial charge in [0.05, 0.1) is 12.2 Å². The van der Waals surface area contributed by atoms with Gasteiger partial charge in [-0.3, -0.25) is 5.43 Å². The van der Waals surface area contributed by atoms with Gasteiger partial charge in [0.1, 0.15) is 5.82 Å². The highest BCUT2D eigenvalue weighted by atomic mass is 15.3. The molecule has 2 rings (SSSR count). The van der Waals surface area contributed by atoms with E-state index in [0.29, 0.717) is 18.3 Å². The van der Waals surface area contributed by atoms with Gasteiger partial charge in [-0.15, -0.1) is 0 Å². The van der Waals surface area contributed by atoms with Gasteiger partial charge in [0.2, 0.25) is 5.95 Å². The van der Waals surface area contributed by atoms with Crippen molar-refractivity contribution in [2.75, 3.05) is 10.7 Å². The van der Waals surface area contributed by atoms with Crippen molar-refractivity contribution in [1.29, 1.82) is 0 Å². The molecule has 16 heavy (non-hydrogen) atoms. The predicted octanol–water partition coefficient (Wildman–Crippen LogP) is 0.164. The highest BCUT2D eigenvalue weighted by Crippen LogP contribution is 2.05. The number of anilines is 2. The molecule has 0 aliphatic heterocycles. The van der Waals surface area contributed by atoms with Crippen molar-refractivity contribution in [3.05, 3.63) is 36.3 Å². The number of nitrogen functional groups attached to an aromatic ring is 1. The minimum absolute atomic E-state index is 0.365. The van der Waals surface area contributed by atoms with Crippen LogP contribution in [0.4, 0.5) is 11.8 Å². The van der Waals surface area contributed by atoms with Crippen LogP contribution < -0.4 is 16.6 Å². The molecule has 0 spiro atoms. The molecule has 2 heterocycles. The number of nitrogens with zero attached hydrogens (tertiary/aromatic N) is 4. The van der Waals surface area contributed by atoms with E-state index in [4.69, 9.17) is 5.84 Å². The topological polar surface area (TPSA) is 102 Å². The smallest absolute Gasteiger partial charge is 0.239 e. The van der Waals surface area contributed by atoms with Crippen LogP contribution in [0.2, 0.25) is 0 Å². The molecule has 0 unspecified atom stereocenters. The van der Waals surface area contributed by atoms with Gasteiger partial charge in [-0.2, -0.15) is 15.2 Å². The van der Waals surface area contributed by atoms with Gasteiger partial charge >= 0.3 is 0 Å². The third-order valence-corrected chi connectivity index (χ3v) is 1.86. The molecular weight excluding hydrogens is 206 g/mol. The Labute approximate surface area is 92.1 Å². The summed E-state index contributed by atoms with van der Waals surface area (Å²) < 4.78 is 0. The van der Waals surface area contributed by atoms with Crippen LogP contribution in [-0.2, 0) is 6.54 Å². The average Bonchev–Trinajstić information content (AvgIpc) is 2.38. The number of hydrogen-bond acceptors (Lipinski definition) is 7. The predicted molar refractivity (Wildman–Crippen MR) is 59.2 cm³/mol. The summed E-state index contributed by atoms with van der Waals surface area (Å²) in [6.45, 7) is 0.550. The zero-order valence-electron chi connectivity index (χ0n) is 8.46. The first-order chi connectivity index (χ1) is 7.88. The van der Waals surface area contributed by atoms with Crippen molar-refractivity contribution in [2.24, 2.45) is 5.84 Å². The van der Waals surface area contributed by atoms with Crippen LogP contribution in [0.25, 0.3) is 0 Å². The molecule has 7 nitrogen and oxygen atoms in total. The summed E-state index contributed by atoms with van der Waals surface area (Å²) in [6.07, 6.45) is 3.24. The van der Waals surface area contributed by atoms with Crippen molar-refractivity contribution in [3.63, 3.8) is 0 Å². The molecule has 0 aromatic carbocycles. The molecular formula is C9H11N7. The zero-order chi connectivity index (χ0) is 11.2. The lowest BCUT2D eigenvalue weighted by molar-refractivity contribution is 0.919. The first-order valence-corrected chi connectivity index (χ1v) is 4.68. The highest BCUT2D eigenvalue weighted by molar-refractivity contribution is 5.39. The van der Waals surface area contributed by atoms with E-state index in [2.05, 4.69) is 30.9 Å². The molecule has 4 N–H and O–H groups in total. The van der Waals surface area contributed by atoms with Gasteiger partial charge in [-0.1, -0.05) is 0 Å². The van der Waals surface area contributed by atoms with E-state index in [-0.39, 0.29) is 0 Å². The summed E-state index contributed by atoms with van der Waals surface area (Å²) in [5.74, 6) is 6.24. The van der Waals surface area contributed by atoms with Crippen LogP contribution in [0, 0.1) is 0 Å². The fourth-order valence-electron chi connectivity index (χ4n) is 1.14. The van der Waals surface area contributed by atoms with Crippen molar-refractivity contribution >= 4 is 11.8 Å². The summed E-state index contributed by atoms with van der Waals surface area (Å²) in [5.41, 5.74) is 3.21. The first kappa shape index (κ1) is 10.2. The molecule has 0 saturated heterocycles. The Morgan fingerprint density at radius 1 is 1.25 bits per heavy atom. The van der Waals surface area contributed by atoms with Crippen molar-refractivity contribution in [1.82, 2.24) is 20.2 Å². The van der Waals surface area contributed by atoms with Crippen molar-refractivity contribution in [3.8, 4) is 0 Å². The number of hydrogen-bond donors (Lipinski definition) is 3. The number of rotatable bonds is 4. The molecule has 0 saturated carbocycles. The molecule has 0 radical (unpaired) electrons. The van der Waals surface area contributed by atoms with Gasteiger partial charge in [0.25, 0.3) is 0 Å². The second-order valence-corrected chi connectivity index (χ2v) is 2.98. The summed E-state index contributed by atoms with van der Waals surface area (Å²) in [4.78, 5) is 8.00. The lowest BCUT2D eigenvalue weighted by Crippen LogP contribution is -2.11. The summed E-state index contributed by atoms with van der Waals surface area (Å²) in [6, 6.07) is 5.46. The number of nitrogens with two attached hydrogens (primary N) is 1. The summed E-state index contributed by atoms with van der Waals surface area (Å²) >= 11 is 0. The van der Waals surface area contributed by atoms with E-state index in [9.17, 15) is 0 Å². The van der Waals surface area contributed by atoms with Gasteiger partial charge in [-0.25, -0.2) is 10.8 Å². The Hall–Kier alpha value is -2.28. The minimum atomic E-state index is 0.365. The Morgan fingerprint density at radius 3 is 2.94 bits per heavy atom. The third-order valence-electron chi connectivity index (χ3n) is 1.86. The van der Waals surface area contributed by atoms with E-state index in [0.717, 1.165) is 5.69 Å². The first-order valence-electron chi connectivity index (χ1n) is 4.68. The van der Waals surface area contributed by atoms with E-state index in [1.807, 2.05) is 12.1 Å². The van der Waals surface area contributed by atoms with Crippen LogP contribution in [0.3, 0.4) is 0 Å². The van der Waals surface area contributed by atoms with Gasteiger partial charge in [0.15, 0.2) is 0 Å². The maximum atomic E-state index is 5.20. The summed E-state index contributed by atoms with van der Waals surface area (Å²) in [5, 5.41) is 10.8. The minimum Gasteiger partial charge on any atom is -0.364 e. The molecule has 0 bridgehead atoms. The molecule has 82 valence electrons. The van der Waals surface area contributed by atoms with Gasteiger partial charge in [0, 0.05) is 12.4 Å². The SMILES string of the molecule is NNc1nccc(NCc2cccnn2)n1. The van der Waals surface area contributed by atoms with Crippen LogP contribution in [0.5, 0.6) is 0 Å². The standard InChI is InChI=1S/C9H11N7/c10-15-9-11-5-3-8(14-9)12-6-7-2-1-4-13-16-7/h1-5H,6,10H2,(H2,11,12,14,15). The monoisotopic (exact) mass is 217 g/mol. The quantitative estimate of drug-likeness (QED) is 0.495. The lowest BCUT2D eigenvalue weighted by Gasteiger charge is -2.05. The molecule has 2 aromatic rings. The number of hydrazine groups is 1. The second-order valence-electron chi connectivity index (χ2n) is 2.98. The van der Waals surface area contributed by atoms with Gasteiger partial charge < -0.3 is 5.32 Å². The lowest BCUT2D eigenvalue weighted by atomic mass is 10.4. The molecule has 0 atom stereocenters. The van der Waals surface area contributed by atoms with Crippen LogP contribution in [-0.4, -0.2) is 20.2 Å². The van der Waals surface area contributed by atoms with E-state index < -0.39 is 0 Å². The zero-order valence-corrected chi connectivity index (χ0v) is 8.46. The second kappa shape index (κ2) is 4.99. The van der Waals surface area contributed by atoms with Crippen molar-refractivity contribution < 1.29 is 0 Å². The van der Waals surface area contributed by atoms with E-state index in [1.54, 1.807) is 18.5 Å². The van der Waals surface area contributed by atoms with Crippen LogP contribution in [0.1, 0.15) is 5.69 Å². The summed E-state index contributed by atoms with van der Waals surface area (Å²) in [7, 11) is 0. The maximum Gasteiger partial charge on any atom is 0.239 e. The van der Waals surface area contributed by atoms with Crippen molar-refractivity contribution in [2.45, 2.75) is 6.54 Å².